The van der Waals surface area contributed by atoms with Crippen molar-refractivity contribution in [1.82, 2.24) is 24.5 Å². The highest BCUT2D eigenvalue weighted by Crippen LogP contribution is 2.27. The summed E-state index contributed by atoms with van der Waals surface area (Å²) in [5, 5.41) is 29.6. The first-order chi connectivity index (χ1) is 23.2. The van der Waals surface area contributed by atoms with E-state index in [0.29, 0.717) is 5.92 Å². The summed E-state index contributed by atoms with van der Waals surface area (Å²) in [4.78, 5) is 38.2. The summed E-state index contributed by atoms with van der Waals surface area (Å²) < 4.78 is 97.1. The molecule has 1 saturated heterocycles. The third kappa shape index (κ3) is 14.3. The van der Waals surface area contributed by atoms with Crippen LogP contribution in [0.2, 0.25) is 0 Å². The number of nitrogens with zero attached hydrogens (tertiary/aromatic N) is 5. The summed E-state index contributed by atoms with van der Waals surface area (Å²) in [6.07, 6.45) is -7.28. The molecular formula is C29H27F9N6O6. The quantitative estimate of drug-likeness (QED) is 0.174. The molecule has 0 bridgehead atoms. The number of pyridine rings is 2. The van der Waals surface area contributed by atoms with Crippen molar-refractivity contribution in [2.45, 2.75) is 43.8 Å². The van der Waals surface area contributed by atoms with E-state index < -0.39 is 36.4 Å². The number of halogens is 9. The van der Waals surface area contributed by atoms with Crippen molar-refractivity contribution in [3.8, 4) is 0 Å². The fourth-order valence-corrected chi connectivity index (χ4v) is 3.93. The standard InChI is InChI=1S/C23H24N6.3C2HF3O2/c1-2-6-20(7-3-1)25-21-8-9-22-26-23(27-29(22)17-21)19-10-13-28(14-11-19)16-18-5-4-12-24-15-18;3*3-2(4,5)1(6)7/h1-9,12,15,17,19,25H,10-11,13-14,16H2;3*(H,6,7). The molecule has 4 heterocycles. The van der Waals surface area contributed by atoms with Gasteiger partial charge in [0.1, 0.15) is 0 Å². The van der Waals surface area contributed by atoms with Crippen LogP contribution in [0.15, 0.2) is 73.2 Å². The smallest absolute Gasteiger partial charge is 0.475 e. The normalized spacial score (nSPS) is 13.8. The Kier molecular flexibility index (Phi) is 14.5. The second-order valence-electron chi connectivity index (χ2n) is 10.0. The van der Waals surface area contributed by atoms with Crippen molar-refractivity contribution in [3.63, 3.8) is 0 Å². The number of para-hydroxylation sites is 1. The Labute approximate surface area is 275 Å². The largest absolute Gasteiger partial charge is 0.490 e. The zero-order valence-corrected chi connectivity index (χ0v) is 25.2. The molecule has 21 heteroatoms. The minimum atomic E-state index is -5.08. The van der Waals surface area contributed by atoms with Gasteiger partial charge in [0.2, 0.25) is 0 Å². The lowest BCUT2D eigenvalue weighted by molar-refractivity contribution is -0.193. The molecule has 1 aliphatic rings. The number of aromatic nitrogens is 4. The van der Waals surface area contributed by atoms with Crippen LogP contribution < -0.4 is 5.32 Å². The van der Waals surface area contributed by atoms with Gasteiger partial charge >= 0.3 is 36.4 Å². The number of fused-ring (bicyclic) bond motifs is 1. The van der Waals surface area contributed by atoms with Crippen molar-refractivity contribution in [2.75, 3.05) is 18.4 Å². The first-order valence-corrected chi connectivity index (χ1v) is 13.9. The van der Waals surface area contributed by atoms with Crippen LogP contribution in [0.3, 0.4) is 0 Å². The van der Waals surface area contributed by atoms with E-state index in [1.807, 2.05) is 53.4 Å². The summed E-state index contributed by atoms with van der Waals surface area (Å²) in [6, 6.07) is 18.4. The summed E-state index contributed by atoms with van der Waals surface area (Å²) >= 11 is 0. The summed E-state index contributed by atoms with van der Waals surface area (Å²) in [6.45, 7) is 3.10. The number of anilines is 2. The Balaban J connectivity index is 0.000000338. The van der Waals surface area contributed by atoms with Crippen molar-refractivity contribution in [2.24, 2.45) is 0 Å². The number of aliphatic carboxylic acids is 3. The lowest BCUT2D eigenvalue weighted by atomic mass is 9.96. The van der Waals surface area contributed by atoms with Gasteiger partial charge in [-0.2, -0.15) is 44.6 Å². The third-order valence-electron chi connectivity index (χ3n) is 6.22. The number of carbonyl (C=O) groups is 3. The molecule has 0 radical (unpaired) electrons. The molecule has 5 rings (SSSR count). The Bertz CT molecular complexity index is 1620. The molecule has 0 saturated carbocycles. The van der Waals surface area contributed by atoms with Gasteiger partial charge in [-0.05, 0) is 61.8 Å². The second-order valence-corrected chi connectivity index (χ2v) is 10.0. The summed E-state index contributed by atoms with van der Waals surface area (Å²) in [5.74, 6) is -6.89. The first kappa shape index (κ1) is 40.7. The van der Waals surface area contributed by atoms with Gasteiger partial charge in [-0.25, -0.2) is 23.9 Å². The molecular weight excluding hydrogens is 699 g/mol. The van der Waals surface area contributed by atoms with Gasteiger partial charge < -0.3 is 20.6 Å². The van der Waals surface area contributed by atoms with Gasteiger partial charge in [-0.3, -0.25) is 9.88 Å². The minimum Gasteiger partial charge on any atom is -0.475 e. The van der Waals surface area contributed by atoms with E-state index in [-0.39, 0.29) is 0 Å². The van der Waals surface area contributed by atoms with Crippen LogP contribution in [0, 0.1) is 0 Å². The molecule has 1 fully saturated rings. The number of hydrogen-bond donors (Lipinski definition) is 4. The Morgan fingerprint density at radius 3 is 1.72 bits per heavy atom. The van der Waals surface area contributed by atoms with Gasteiger partial charge in [0.25, 0.3) is 0 Å². The van der Waals surface area contributed by atoms with E-state index in [9.17, 15) is 39.5 Å². The highest BCUT2D eigenvalue weighted by Gasteiger charge is 2.39. The predicted octanol–water partition coefficient (Wildman–Crippen LogP) is 6.15. The molecule has 272 valence electrons. The van der Waals surface area contributed by atoms with E-state index >= 15 is 0 Å². The number of alkyl halides is 9. The number of carboxylic acids is 3. The molecule has 50 heavy (non-hydrogen) atoms. The van der Waals surface area contributed by atoms with Crippen LogP contribution in [0.4, 0.5) is 50.9 Å². The fraction of sp³-hybridized carbons (Fsp3) is 0.310. The molecule has 4 N–H and O–H groups in total. The SMILES string of the molecule is O=C(O)C(F)(F)F.O=C(O)C(F)(F)F.O=C(O)C(F)(F)F.c1ccc(Nc2ccc3nc(C4CCN(Cc5cccnc5)CC4)nn3c2)cc1. The number of carboxylic acid groups (broad SMARTS) is 3. The summed E-state index contributed by atoms with van der Waals surface area (Å²) in [7, 11) is 0. The molecule has 0 spiro atoms. The molecule has 0 aliphatic carbocycles. The van der Waals surface area contributed by atoms with Crippen molar-refractivity contribution in [1.29, 1.82) is 0 Å². The summed E-state index contributed by atoms with van der Waals surface area (Å²) in [5.41, 5.74) is 4.24. The second kappa shape index (κ2) is 17.8. The predicted molar refractivity (Wildman–Crippen MR) is 155 cm³/mol. The average molecular weight is 727 g/mol. The topological polar surface area (TPSA) is 170 Å². The zero-order valence-electron chi connectivity index (χ0n) is 25.2. The first-order valence-electron chi connectivity index (χ1n) is 13.9. The molecule has 1 aliphatic heterocycles. The molecule has 3 aromatic heterocycles. The van der Waals surface area contributed by atoms with Crippen molar-refractivity contribution in [3.05, 3.63) is 84.6 Å². The zero-order chi connectivity index (χ0) is 37.7. The van der Waals surface area contributed by atoms with Crippen LogP contribution in [0.1, 0.15) is 30.1 Å². The number of hydrogen-bond acceptors (Lipinski definition) is 8. The van der Waals surface area contributed by atoms with E-state index in [4.69, 9.17) is 39.8 Å². The highest BCUT2D eigenvalue weighted by molar-refractivity contribution is 5.73. The number of benzene rings is 1. The number of rotatable bonds is 5. The Morgan fingerprint density at radius 2 is 1.26 bits per heavy atom. The van der Waals surface area contributed by atoms with Gasteiger partial charge in [-0.1, -0.05) is 24.3 Å². The van der Waals surface area contributed by atoms with E-state index in [1.165, 1.54) is 5.56 Å². The van der Waals surface area contributed by atoms with E-state index in [1.54, 1.807) is 0 Å². The van der Waals surface area contributed by atoms with Gasteiger partial charge in [0.15, 0.2) is 11.5 Å². The number of likely N-dealkylation sites (tertiary alicyclic amines) is 1. The van der Waals surface area contributed by atoms with Crippen LogP contribution in [-0.4, -0.2) is 89.3 Å². The molecule has 12 nitrogen and oxygen atoms in total. The molecule has 0 atom stereocenters. The maximum atomic E-state index is 10.6. The molecule has 0 amide bonds. The Morgan fingerprint density at radius 1 is 0.740 bits per heavy atom. The molecule has 1 aromatic carbocycles. The maximum absolute atomic E-state index is 10.6. The van der Waals surface area contributed by atoms with Crippen molar-refractivity contribution >= 4 is 34.9 Å². The fourth-order valence-electron chi connectivity index (χ4n) is 3.93. The number of nitrogens with one attached hydrogen (secondary N) is 1. The van der Waals surface area contributed by atoms with E-state index in [2.05, 4.69) is 39.5 Å². The van der Waals surface area contributed by atoms with Gasteiger partial charge in [0.05, 0.1) is 11.9 Å². The average Bonchev–Trinajstić information content (AvgIpc) is 3.46. The molecule has 0 unspecified atom stereocenters. The van der Waals surface area contributed by atoms with E-state index in [0.717, 1.165) is 55.3 Å². The van der Waals surface area contributed by atoms with Gasteiger partial charge in [-0.15, -0.1) is 0 Å². The van der Waals surface area contributed by atoms with Gasteiger partial charge in [0, 0.05) is 30.5 Å². The van der Waals surface area contributed by atoms with Crippen LogP contribution in [0.5, 0.6) is 0 Å². The van der Waals surface area contributed by atoms with Crippen LogP contribution in [-0.2, 0) is 20.9 Å². The Hall–Kier alpha value is -5.47. The third-order valence-corrected chi connectivity index (χ3v) is 6.22. The lowest BCUT2D eigenvalue weighted by Gasteiger charge is -2.30. The maximum Gasteiger partial charge on any atom is 0.490 e. The monoisotopic (exact) mass is 726 g/mol. The highest BCUT2D eigenvalue weighted by atomic mass is 19.4. The molecule has 4 aromatic rings. The van der Waals surface area contributed by atoms with Crippen molar-refractivity contribution < 1.29 is 69.2 Å². The number of piperidine rings is 1. The van der Waals surface area contributed by atoms with Crippen LogP contribution >= 0.6 is 0 Å². The van der Waals surface area contributed by atoms with Crippen LogP contribution in [0.25, 0.3) is 5.65 Å². The minimum absolute atomic E-state index is 0.422. The lowest BCUT2D eigenvalue weighted by Crippen LogP contribution is -2.32.